The van der Waals surface area contributed by atoms with E-state index in [-0.39, 0.29) is 0 Å². The Hall–Kier alpha value is -0.650. The molecule has 1 saturated heterocycles. The van der Waals surface area contributed by atoms with E-state index in [2.05, 4.69) is 47.9 Å². The summed E-state index contributed by atoms with van der Waals surface area (Å²) in [5.41, 5.74) is 0. The number of anilines is 1. The molecule has 1 fully saturated rings. The van der Waals surface area contributed by atoms with Crippen LogP contribution in [-0.2, 0) is 6.54 Å². The maximum absolute atomic E-state index is 4.58. The molecule has 1 aromatic rings. The van der Waals surface area contributed by atoms with Crippen LogP contribution in [0.5, 0.6) is 0 Å². The van der Waals surface area contributed by atoms with Gasteiger partial charge in [0, 0.05) is 49.3 Å². The minimum atomic E-state index is 0.526. The summed E-state index contributed by atoms with van der Waals surface area (Å²) in [6.45, 7) is 10.9. The van der Waals surface area contributed by atoms with Gasteiger partial charge >= 0.3 is 0 Å². The molecule has 1 N–H and O–H groups in total. The quantitative estimate of drug-likeness (QED) is 0.902. The van der Waals surface area contributed by atoms with Crippen LogP contribution in [0.2, 0.25) is 0 Å². The van der Waals surface area contributed by atoms with E-state index in [4.69, 9.17) is 0 Å². The molecule has 2 heterocycles. The van der Waals surface area contributed by atoms with E-state index in [0.717, 1.165) is 26.2 Å². The zero-order valence-corrected chi connectivity index (χ0v) is 12.6. The second kappa shape index (κ2) is 5.99. The first-order valence-corrected chi connectivity index (χ1v) is 7.51. The van der Waals surface area contributed by atoms with Crippen LogP contribution in [0.3, 0.4) is 0 Å². The molecular weight excluding hydrogens is 244 g/mol. The molecule has 1 aliphatic heterocycles. The van der Waals surface area contributed by atoms with Gasteiger partial charge in [-0.15, -0.1) is 11.3 Å². The minimum Gasteiger partial charge on any atom is -0.343 e. The zero-order chi connectivity index (χ0) is 13.1. The van der Waals surface area contributed by atoms with Crippen molar-refractivity contribution in [3.63, 3.8) is 0 Å². The SMILES string of the molecule is CC(C)NCc1cnc(N2CCN(C)CC2C)s1. The molecule has 1 atom stereocenters. The average Bonchev–Trinajstić information content (AvgIpc) is 2.75. The lowest BCUT2D eigenvalue weighted by Crippen LogP contribution is -2.50. The van der Waals surface area contributed by atoms with Crippen molar-refractivity contribution in [2.24, 2.45) is 0 Å². The Bertz CT molecular complexity index is 377. The van der Waals surface area contributed by atoms with Crippen LogP contribution in [0.15, 0.2) is 6.20 Å². The maximum Gasteiger partial charge on any atom is 0.185 e. The van der Waals surface area contributed by atoms with Crippen LogP contribution in [-0.4, -0.2) is 48.6 Å². The fourth-order valence-corrected chi connectivity index (χ4v) is 3.23. The standard InChI is InChI=1S/C13H24N4S/c1-10(2)14-7-12-8-15-13(18-12)17-6-5-16(4)9-11(17)3/h8,10-11,14H,5-7,9H2,1-4H3. The summed E-state index contributed by atoms with van der Waals surface area (Å²) in [7, 11) is 2.19. The van der Waals surface area contributed by atoms with Crippen LogP contribution < -0.4 is 10.2 Å². The summed E-state index contributed by atoms with van der Waals surface area (Å²) < 4.78 is 0. The Balaban J connectivity index is 1.96. The molecule has 102 valence electrons. The third-order valence-electron chi connectivity index (χ3n) is 3.30. The van der Waals surface area contributed by atoms with E-state index in [0.29, 0.717) is 12.1 Å². The molecule has 5 heteroatoms. The highest BCUT2D eigenvalue weighted by Gasteiger charge is 2.23. The molecule has 1 unspecified atom stereocenters. The van der Waals surface area contributed by atoms with Gasteiger partial charge in [0.05, 0.1) is 0 Å². The van der Waals surface area contributed by atoms with E-state index < -0.39 is 0 Å². The predicted molar refractivity (Wildman–Crippen MR) is 78.4 cm³/mol. The zero-order valence-electron chi connectivity index (χ0n) is 11.8. The van der Waals surface area contributed by atoms with E-state index in [9.17, 15) is 0 Å². The Kier molecular flexibility index (Phi) is 4.59. The molecule has 2 rings (SSSR count). The number of rotatable bonds is 4. The molecular formula is C13H24N4S. The average molecular weight is 268 g/mol. The van der Waals surface area contributed by atoms with Crippen LogP contribution in [0, 0.1) is 0 Å². The normalized spacial score (nSPS) is 21.8. The Labute approximate surface area is 114 Å². The largest absolute Gasteiger partial charge is 0.343 e. The van der Waals surface area contributed by atoms with Crippen molar-refractivity contribution in [3.8, 4) is 0 Å². The van der Waals surface area contributed by atoms with Crippen molar-refractivity contribution in [2.45, 2.75) is 39.4 Å². The first kappa shape index (κ1) is 13.8. The fraction of sp³-hybridized carbons (Fsp3) is 0.769. The van der Waals surface area contributed by atoms with Gasteiger partial charge < -0.3 is 15.1 Å². The molecule has 18 heavy (non-hydrogen) atoms. The summed E-state index contributed by atoms with van der Waals surface area (Å²) in [6, 6.07) is 1.08. The van der Waals surface area contributed by atoms with Crippen molar-refractivity contribution in [1.82, 2.24) is 15.2 Å². The predicted octanol–water partition coefficient (Wildman–Crippen LogP) is 1.78. The molecule has 1 aromatic heterocycles. The highest BCUT2D eigenvalue weighted by Crippen LogP contribution is 2.25. The van der Waals surface area contributed by atoms with E-state index in [1.54, 1.807) is 0 Å². The summed E-state index contributed by atoms with van der Waals surface area (Å²) in [5.74, 6) is 0. The lowest BCUT2D eigenvalue weighted by Gasteiger charge is -2.38. The van der Waals surface area contributed by atoms with Gasteiger partial charge in [-0.1, -0.05) is 13.8 Å². The third-order valence-corrected chi connectivity index (χ3v) is 4.34. The Morgan fingerprint density at radius 1 is 1.50 bits per heavy atom. The number of aromatic nitrogens is 1. The van der Waals surface area contributed by atoms with Crippen molar-refractivity contribution < 1.29 is 0 Å². The number of hydrogen-bond donors (Lipinski definition) is 1. The maximum atomic E-state index is 4.58. The minimum absolute atomic E-state index is 0.526. The van der Waals surface area contributed by atoms with Crippen LogP contribution >= 0.6 is 11.3 Å². The van der Waals surface area contributed by atoms with E-state index in [1.807, 2.05) is 17.5 Å². The second-order valence-electron chi connectivity index (χ2n) is 5.45. The topological polar surface area (TPSA) is 31.4 Å². The smallest absolute Gasteiger partial charge is 0.185 e. The van der Waals surface area contributed by atoms with E-state index >= 15 is 0 Å². The van der Waals surface area contributed by atoms with Gasteiger partial charge in [0.25, 0.3) is 0 Å². The molecule has 0 bridgehead atoms. The molecule has 4 nitrogen and oxygen atoms in total. The molecule has 0 aliphatic carbocycles. The summed E-state index contributed by atoms with van der Waals surface area (Å²) in [4.78, 5) is 10.7. The first-order chi connectivity index (χ1) is 8.56. The van der Waals surface area contributed by atoms with Gasteiger partial charge in [-0.2, -0.15) is 0 Å². The van der Waals surface area contributed by atoms with Crippen LogP contribution in [0.4, 0.5) is 5.13 Å². The summed E-state index contributed by atoms with van der Waals surface area (Å²) >= 11 is 1.82. The molecule has 0 amide bonds. The summed E-state index contributed by atoms with van der Waals surface area (Å²) in [5, 5.41) is 4.62. The molecule has 0 saturated carbocycles. The fourth-order valence-electron chi connectivity index (χ4n) is 2.24. The number of nitrogens with one attached hydrogen (secondary N) is 1. The summed E-state index contributed by atoms with van der Waals surface area (Å²) in [6.07, 6.45) is 2.01. The molecule has 0 radical (unpaired) electrons. The number of thiazole rings is 1. The van der Waals surface area contributed by atoms with Crippen molar-refractivity contribution >= 4 is 16.5 Å². The van der Waals surface area contributed by atoms with Crippen LogP contribution in [0.1, 0.15) is 25.6 Å². The van der Waals surface area contributed by atoms with Gasteiger partial charge in [0.15, 0.2) is 5.13 Å². The Morgan fingerprint density at radius 2 is 2.28 bits per heavy atom. The van der Waals surface area contributed by atoms with Gasteiger partial charge in [-0.3, -0.25) is 0 Å². The van der Waals surface area contributed by atoms with Gasteiger partial charge in [0.2, 0.25) is 0 Å². The van der Waals surface area contributed by atoms with Crippen molar-refractivity contribution in [1.29, 1.82) is 0 Å². The van der Waals surface area contributed by atoms with Crippen molar-refractivity contribution in [3.05, 3.63) is 11.1 Å². The highest BCUT2D eigenvalue weighted by atomic mass is 32.1. The lowest BCUT2D eigenvalue weighted by molar-refractivity contribution is 0.275. The van der Waals surface area contributed by atoms with Crippen LogP contribution in [0.25, 0.3) is 0 Å². The number of piperazine rings is 1. The highest BCUT2D eigenvalue weighted by molar-refractivity contribution is 7.15. The number of hydrogen-bond acceptors (Lipinski definition) is 5. The van der Waals surface area contributed by atoms with Crippen molar-refractivity contribution in [2.75, 3.05) is 31.6 Å². The van der Waals surface area contributed by atoms with Gasteiger partial charge in [-0.25, -0.2) is 4.98 Å². The third kappa shape index (κ3) is 3.43. The number of nitrogens with zero attached hydrogens (tertiary/aromatic N) is 3. The lowest BCUT2D eigenvalue weighted by atomic mass is 10.2. The first-order valence-electron chi connectivity index (χ1n) is 6.69. The monoisotopic (exact) mass is 268 g/mol. The van der Waals surface area contributed by atoms with Gasteiger partial charge in [-0.05, 0) is 14.0 Å². The molecule has 0 aromatic carbocycles. The molecule has 1 aliphatic rings. The van der Waals surface area contributed by atoms with Gasteiger partial charge in [0.1, 0.15) is 0 Å². The molecule has 0 spiro atoms. The number of likely N-dealkylation sites (N-methyl/N-ethyl adjacent to an activating group) is 1. The van der Waals surface area contributed by atoms with E-state index in [1.165, 1.54) is 10.0 Å². The Morgan fingerprint density at radius 3 is 2.94 bits per heavy atom. The second-order valence-corrected chi connectivity index (χ2v) is 6.54.